The summed E-state index contributed by atoms with van der Waals surface area (Å²) in [5, 5.41) is 3.51. The van der Waals surface area contributed by atoms with Crippen molar-refractivity contribution >= 4 is 0 Å². The molecule has 0 aromatic heterocycles. The van der Waals surface area contributed by atoms with Gasteiger partial charge in [-0.15, -0.1) is 0 Å². The van der Waals surface area contributed by atoms with Crippen LogP contribution in [-0.4, -0.2) is 50.3 Å². The highest BCUT2D eigenvalue weighted by Gasteiger charge is 2.29. The van der Waals surface area contributed by atoms with E-state index in [0.29, 0.717) is 6.04 Å². The first-order valence-electron chi connectivity index (χ1n) is 7.34. The predicted molar refractivity (Wildman–Crippen MR) is 71.3 cm³/mol. The van der Waals surface area contributed by atoms with Crippen molar-refractivity contribution in [3.05, 3.63) is 0 Å². The number of likely N-dealkylation sites (tertiary alicyclic amines) is 1. The fraction of sp³-hybridized carbons (Fsp3) is 1.00. The Bertz CT molecular complexity index is 214. The lowest BCUT2D eigenvalue weighted by atomic mass is 9.95. The number of hydrogen-bond acceptors (Lipinski definition) is 3. The van der Waals surface area contributed by atoms with E-state index < -0.39 is 0 Å². The van der Waals surface area contributed by atoms with Crippen LogP contribution in [0, 0.1) is 5.92 Å². The summed E-state index contributed by atoms with van der Waals surface area (Å²) < 4.78 is 5.52. The van der Waals surface area contributed by atoms with E-state index >= 15 is 0 Å². The van der Waals surface area contributed by atoms with Gasteiger partial charge in [-0.25, -0.2) is 0 Å². The summed E-state index contributed by atoms with van der Waals surface area (Å²) in [7, 11) is 2.11. The summed E-state index contributed by atoms with van der Waals surface area (Å²) in [6.07, 6.45) is 6.74. The third kappa shape index (κ3) is 3.43. The normalized spacial score (nSPS) is 32.8. The van der Waals surface area contributed by atoms with Crippen LogP contribution in [0.25, 0.3) is 0 Å². The number of piperidine rings is 1. The summed E-state index contributed by atoms with van der Waals surface area (Å²) in [6.45, 7) is 6.75. The van der Waals surface area contributed by atoms with E-state index in [1.54, 1.807) is 0 Å². The zero-order valence-electron chi connectivity index (χ0n) is 11.5. The minimum Gasteiger partial charge on any atom is -0.381 e. The minimum atomic E-state index is 0.615. The number of rotatable bonds is 5. The Hall–Kier alpha value is -0.120. The van der Waals surface area contributed by atoms with E-state index in [4.69, 9.17) is 4.74 Å². The fourth-order valence-corrected chi connectivity index (χ4v) is 3.36. The molecular weight excluding hydrogens is 212 g/mol. The molecule has 0 aromatic carbocycles. The molecule has 0 saturated carbocycles. The SMILES string of the molecule is CCC1CCCCN1CC(NC)C1CCOC1. The second kappa shape index (κ2) is 6.72. The molecule has 17 heavy (non-hydrogen) atoms. The second-order valence-corrected chi connectivity index (χ2v) is 5.57. The zero-order chi connectivity index (χ0) is 12.1. The molecule has 2 aliphatic heterocycles. The Kier molecular flexibility index (Phi) is 5.26. The van der Waals surface area contributed by atoms with Crippen molar-refractivity contribution in [2.45, 2.75) is 51.1 Å². The predicted octanol–water partition coefficient (Wildman–Crippen LogP) is 1.88. The summed E-state index contributed by atoms with van der Waals surface area (Å²) in [6, 6.07) is 1.44. The highest BCUT2D eigenvalue weighted by molar-refractivity contribution is 4.85. The Morgan fingerprint density at radius 1 is 1.35 bits per heavy atom. The van der Waals surface area contributed by atoms with Gasteiger partial charge >= 0.3 is 0 Å². The molecule has 3 nitrogen and oxygen atoms in total. The molecule has 0 bridgehead atoms. The summed E-state index contributed by atoms with van der Waals surface area (Å²) in [5.74, 6) is 0.722. The number of hydrogen-bond donors (Lipinski definition) is 1. The van der Waals surface area contributed by atoms with Gasteiger partial charge in [0.1, 0.15) is 0 Å². The van der Waals surface area contributed by atoms with Gasteiger partial charge in [-0.2, -0.15) is 0 Å². The van der Waals surface area contributed by atoms with Gasteiger partial charge in [0, 0.05) is 31.2 Å². The van der Waals surface area contributed by atoms with Gasteiger partial charge in [0.05, 0.1) is 6.61 Å². The average Bonchev–Trinajstić information content (AvgIpc) is 2.90. The Labute approximate surface area is 106 Å². The molecule has 0 amide bonds. The number of ether oxygens (including phenoxy) is 1. The molecule has 0 aromatic rings. The number of likely N-dealkylation sites (N-methyl/N-ethyl adjacent to an activating group) is 1. The maximum atomic E-state index is 5.52. The molecule has 2 rings (SSSR count). The van der Waals surface area contributed by atoms with Crippen molar-refractivity contribution in [1.29, 1.82) is 0 Å². The van der Waals surface area contributed by atoms with Crippen LogP contribution in [0.15, 0.2) is 0 Å². The van der Waals surface area contributed by atoms with Crippen LogP contribution in [0.4, 0.5) is 0 Å². The highest BCUT2D eigenvalue weighted by Crippen LogP contribution is 2.23. The third-order valence-electron chi connectivity index (χ3n) is 4.56. The molecular formula is C14H28N2O. The quantitative estimate of drug-likeness (QED) is 0.794. The van der Waals surface area contributed by atoms with Crippen molar-refractivity contribution in [1.82, 2.24) is 10.2 Å². The lowest BCUT2D eigenvalue weighted by Gasteiger charge is -2.38. The van der Waals surface area contributed by atoms with Gasteiger partial charge in [0.2, 0.25) is 0 Å². The largest absolute Gasteiger partial charge is 0.381 e. The molecule has 0 radical (unpaired) electrons. The molecule has 3 heteroatoms. The van der Waals surface area contributed by atoms with Crippen molar-refractivity contribution < 1.29 is 4.74 Å². The first-order chi connectivity index (χ1) is 8.35. The van der Waals surface area contributed by atoms with E-state index in [1.807, 2.05) is 0 Å². The van der Waals surface area contributed by atoms with E-state index in [-0.39, 0.29) is 0 Å². The van der Waals surface area contributed by atoms with Gasteiger partial charge in [-0.1, -0.05) is 13.3 Å². The number of nitrogens with zero attached hydrogens (tertiary/aromatic N) is 1. The first kappa shape index (κ1) is 13.3. The topological polar surface area (TPSA) is 24.5 Å². The molecule has 0 spiro atoms. The monoisotopic (exact) mass is 240 g/mol. The van der Waals surface area contributed by atoms with Crippen LogP contribution in [-0.2, 0) is 4.74 Å². The minimum absolute atomic E-state index is 0.615. The molecule has 2 saturated heterocycles. The lowest BCUT2D eigenvalue weighted by Crippen LogP contribution is -2.49. The zero-order valence-corrected chi connectivity index (χ0v) is 11.5. The van der Waals surface area contributed by atoms with E-state index in [2.05, 4.69) is 24.2 Å². The standard InChI is InChI=1S/C14H28N2O/c1-3-13-6-4-5-8-16(13)10-14(15-2)12-7-9-17-11-12/h12-15H,3-11H2,1-2H3. The van der Waals surface area contributed by atoms with Gasteiger partial charge in [-0.05, 0) is 39.3 Å². The van der Waals surface area contributed by atoms with Crippen molar-refractivity contribution in [2.75, 3.05) is 33.4 Å². The summed E-state index contributed by atoms with van der Waals surface area (Å²) in [4.78, 5) is 2.71. The van der Waals surface area contributed by atoms with Gasteiger partial charge in [0.15, 0.2) is 0 Å². The number of nitrogens with one attached hydrogen (secondary N) is 1. The first-order valence-corrected chi connectivity index (χ1v) is 7.34. The smallest absolute Gasteiger partial charge is 0.0510 e. The van der Waals surface area contributed by atoms with Crippen LogP contribution in [0.1, 0.15) is 39.0 Å². The summed E-state index contributed by atoms with van der Waals surface area (Å²) >= 11 is 0. The molecule has 1 N–H and O–H groups in total. The Balaban J connectivity index is 1.87. The van der Waals surface area contributed by atoms with Crippen LogP contribution in [0.3, 0.4) is 0 Å². The Morgan fingerprint density at radius 3 is 2.88 bits per heavy atom. The molecule has 100 valence electrons. The second-order valence-electron chi connectivity index (χ2n) is 5.57. The van der Waals surface area contributed by atoms with Crippen molar-refractivity contribution in [3.63, 3.8) is 0 Å². The Morgan fingerprint density at radius 2 is 2.24 bits per heavy atom. The van der Waals surface area contributed by atoms with Crippen molar-refractivity contribution in [3.8, 4) is 0 Å². The van der Waals surface area contributed by atoms with Crippen LogP contribution >= 0.6 is 0 Å². The van der Waals surface area contributed by atoms with E-state index in [0.717, 1.165) is 25.2 Å². The maximum absolute atomic E-state index is 5.52. The maximum Gasteiger partial charge on any atom is 0.0510 e. The highest BCUT2D eigenvalue weighted by atomic mass is 16.5. The molecule has 3 unspecified atom stereocenters. The molecule has 0 aliphatic carbocycles. The third-order valence-corrected chi connectivity index (χ3v) is 4.56. The van der Waals surface area contributed by atoms with Crippen LogP contribution in [0.2, 0.25) is 0 Å². The van der Waals surface area contributed by atoms with E-state index in [9.17, 15) is 0 Å². The van der Waals surface area contributed by atoms with Crippen molar-refractivity contribution in [2.24, 2.45) is 5.92 Å². The molecule has 2 fully saturated rings. The van der Waals surface area contributed by atoms with Gasteiger partial charge in [-0.3, -0.25) is 4.90 Å². The molecule has 2 heterocycles. The lowest BCUT2D eigenvalue weighted by molar-refractivity contribution is 0.111. The van der Waals surface area contributed by atoms with Gasteiger partial charge < -0.3 is 10.1 Å². The average molecular weight is 240 g/mol. The summed E-state index contributed by atoms with van der Waals surface area (Å²) in [5.41, 5.74) is 0. The molecule has 3 atom stereocenters. The van der Waals surface area contributed by atoms with Crippen LogP contribution < -0.4 is 5.32 Å². The van der Waals surface area contributed by atoms with E-state index in [1.165, 1.54) is 45.2 Å². The fourth-order valence-electron chi connectivity index (χ4n) is 3.36. The van der Waals surface area contributed by atoms with Gasteiger partial charge in [0.25, 0.3) is 0 Å². The van der Waals surface area contributed by atoms with Crippen LogP contribution in [0.5, 0.6) is 0 Å². The molecule has 2 aliphatic rings.